The first-order valence-electron chi connectivity index (χ1n) is 9.63. The van der Waals surface area contributed by atoms with Crippen molar-refractivity contribution in [1.29, 1.82) is 0 Å². The maximum Gasteiger partial charge on any atom is 0.227 e. The quantitative estimate of drug-likeness (QED) is 0.778. The average Bonchev–Trinajstić information content (AvgIpc) is 3.18. The van der Waals surface area contributed by atoms with Crippen molar-refractivity contribution < 1.29 is 14.0 Å². The summed E-state index contributed by atoms with van der Waals surface area (Å²) in [5, 5.41) is 0. The normalized spacial score (nSPS) is 25.4. The van der Waals surface area contributed by atoms with Gasteiger partial charge < -0.3 is 9.80 Å². The summed E-state index contributed by atoms with van der Waals surface area (Å²) in [6.07, 6.45) is 8.52. The summed E-state index contributed by atoms with van der Waals surface area (Å²) >= 11 is 0. The summed E-state index contributed by atoms with van der Waals surface area (Å²) in [5.74, 6) is -0.0853. The van der Waals surface area contributed by atoms with Gasteiger partial charge in [-0.25, -0.2) is 4.39 Å². The molecule has 5 heteroatoms. The second-order valence-electron chi connectivity index (χ2n) is 7.65. The molecule has 0 bridgehead atoms. The molecule has 0 spiro atoms. The first kappa shape index (κ1) is 17.3. The Morgan fingerprint density at radius 1 is 1.15 bits per heavy atom. The van der Waals surface area contributed by atoms with Crippen LogP contribution in [0.15, 0.2) is 35.9 Å². The van der Waals surface area contributed by atoms with E-state index >= 15 is 0 Å². The molecule has 4 nitrogen and oxygen atoms in total. The molecule has 1 aromatic rings. The number of nitrogens with zero attached hydrogens (tertiary/aromatic N) is 2. The fraction of sp³-hybridized carbons (Fsp3) is 0.524. The van der Waals surface area contributed by atoms with Gasteiger partial charge in [-0.2, -0.15) is 0 Å². The molecule has 138 valence electrons. The van der Waals surface area contributed by atoms with Gasteiger partial charge in [-0.05, 0) is 49.8 Å². The number of benzene rings is 1. The van der Waals surface area contributed by atoms with Crippen molar-refractivity contribution in [3.05, 3.63) is 47.3 Å². The van der Waals surface area contributed by atoms with Crippen LogP contribution in [0, 0.1) is 5.82 Å². The molecule has 2 fully saturated rings. The molecule has 26 heavy (non-hydrogen) atoms. The fourth-order valence-electron chi connectivity index (χ4n) is 4.59. The predicted octanol–water partition coefficient (Wildman–Crippen LogP) is 3.07. The van der Waals surface area contributed by atoms with Gasteiger partial charge in [0.05, 0.1) is 18.5 Å². The zero-order valence-corrected chi connectivity index (χ0v) is 15.0. The standard InChI is InChI=1S/C21H25FN2O2/c22-17-8-6-15(7-9-17)12-20(25)23-11-10-18-19(23)13-21(26)24(18)14-16-4-2-1-3-5-16/h4,6-9,18-19H,1-3,5,10-14H2/t18-,19-/m0/s1. The number of amides is 2. The van der Waals surface area contributed by atoms with Gasteiger partial charge in [0, 0.05) is 19.5 Å². The van der Waals surface area contributed by atoms with Crippen LogP contribution in [0.2, 0.25) is 0 Å². The maximum atomic E-state index is 13.0. The van der Waals surface area contributed by atoms with Gasteiger partial charge >= 0.3 is 0 Å². The number of carbonyl (C=O) groups is 2. The largest absolute Gasteiger partial charge is 0.337 e. The van der Waals surface area contributed by atoms with Crippen molar-refractivity contribution in [3.63, 3.8) is 0 Å². The van der Waals surface area contributed by atoms with Crippen molar-refractivity contribution in [2.24, 2.45) is 0 Å². The number of hydrogen-bond donors (Lipinski definition) is 0. The summed E-state index contributed by atoms with van der Waals surface area (Å²) in [6.45, 7) is 1.44. The van der Waals surface area contributed by atoms with Crippen LogP contribution >= 0.6 is 0 Å². The van der Waals surface area contributed by atoms with Crippen molar-refractivity contribution >= 4 is 11.8 Å². The molecule has 0 aromatic heterocycles. The summed E-state index contributed by atoms with van der Waals surface area (Å²) < 4.78 is 13.0. The number of carbonyl (C=O) groups excluding carboxylic acids is 2. The Kier molecular flexibility index (Phi) is 4.79. The van der Waals surface area contributed by atoms with E-state index in [9.17, 15) is 14.0 Å². The van der Waals surface area contributed by atoms with Gasteiger partial charge in [-0.3, -0.25) is 9.59 Å². The Morgan fingerprint density at radius 2 is 1.96 bits per heavy atom. The third-order valence-electron chi connectivity index (χ3n) is 5.96. The van der Waals surface area contributed by atoms with Crippen LogP contribution in [0.25, 0.3) is 0 Å². The molecular weight excluding hydrogens is 331 g/mol. The monoisotopic (exact) mass is 356 g/mol. The third kappa shape index (κ3) is 3.39. The Labute approximate surface area is 153 Å². The summed E-state index contributed by atoms with van der Waals surface area (Å²) in [4.78, 5) is 29.2. The van der Waals surface area contributed by atoms with Gasteiger partial charge in [0.25, 0.3) is 0 Å². The van der Waals surface area contributed by atoms with E-state index in [0.717, 1.165) is 31.4 Å². The molecule has 1 aliphatic carbocycles. The van der Waals surface area contributed by atoms with Gasteiger partial charge in [0.1, 0.15) is 5.82 Å². The molecular formula is C21H25FN2O2. The Morgan fingerprint density at radius 3 is 2.69 bits per heavy atom. The first-order valence-corrected chi connectivity index (χ1v) is 9.63. The van der Waals surface area contributed by atoms with E-state index in [4.69, 9.17) is 0 Å². The zero-order chi connectivity index (χ0) is 18.1. The lowest BCUT2D eigenvalue weighted by molar-refractivity contribution is -0.131. The average molecular weight is 356 g/mol. The molecule has 0 N–H and O–H groups in total. The second-order valence-corrected chi connectivity index (χ2v) is 7.65. The molecule has 0 unspecified atom stereocenters. The third-order valence-corrected chi connectivity index (χ3v) is 5.96. The van der Waals surface area contributed by atoms with E-state index in [1.165, 1.54) is 30.5 Å². The number of allylic oxidation sites excluding steroid dienone is 1. The van der Waals surface area contributed by atoms with E-state index in [1.54, 1.807) is 12.1 Å². The van der Waals surface area contributed by atoms with Crippen LogP contribution in [0.3, 0.4) is 0 Å². The molecule has 1 aromatic carbocycles. The highest BCUT2D eigenvalue weighted by Crippen LogP contribution is 2.34. The minimum Gasteiger partial charge on any atom is -0.337 e. The Balaban J connectivity index is 1.41. The highest BCUT2D eigenvalue weighted by atomic mass is 19.1. The summed E-state index contributed by atoms with van der Waals surface area (Å²) in [7, 11) is 0. The number of fused-ring (bicyclic) bond motifs is 1. The minimum absolute atomic E-state index is 0.000334. The Bertz CT molecular complexity index is 728. The lowest BCUT2D eigenvalue weighted by atomic mass is 9.99. The smallest absolute Gasteiger partial charge is 0.227 e. The van der Waals surface area contributed by atoms with Crippen LogP contribution in [-0.4, -0.2) is 46.8 Å². The van der Waals surface area contributed by atoms with Crippen molar-refractivity contribution in [2.45, 2.75) is 57.0 Å². The molecule has 0 radical (unpaired) electrons. The molecule has 0 saturated carbocycles. The summed E-state index contributed by atoms with van der Waals surface area (Å²) in [5.41, 5.74) is 2.19. The van der Waals surface area contributed by atoms with Crippen LogP contribution < -0.4 is 0 Å². The number of rotatable bonds is 4. The van der Waals surface area contributed by atoms with Crippen LogP contribution in [-0.2, 0) is 16.0 Å². The highest BCUT2D eigenvalue weighted by molar-refractivity contribution is 5.84. The lowest BCUT2D eigenvalue weighted by Crippen LogP contribution is -2.41. The molecule has 2 atom stereocenters. The van der Waals surface area contributed by atoms with E-state index in [2.05, 4.69) is 6.08 Å². The molecule has 3 aliphatic rings. The minimum atomic E-state index is -0.295. The van der Waals surface area contributed by atoms with Crippen LogP contribution in [0.4, 0.5) is 4.39 Å². The first-order chi connectivity index (χ1) is 12.6. The molecule has 2 aliphatic heterocycles. The van der Waals surface area contributed by atoms with Crippen LogP contribution in [0.1, 0.15) is 44.1 Å². The van der Waals surface area contributed by atoms with Crippen molar-refractivity contribution in [3.8, 4) is 0 Å². The van der Waals surface area contributed by atoms with E-state index in [0.29, 0.717) is 13.0 Å². The van der Waals surface area contributed by atoms with Gasteiger partial charge in [0.2, 0.25) is 11.8 Å². The fourth-order valence-corrected chi connectivity index (χ4v) is 4.59. The van der Waals surface area contributed by atoms with E-state index < -0.39 is 0 Å². The summed E-state index contributed by atoms with van der Waals surface area (Å²) in [6, 6.07) is 6.23. The predicted molar refractivity (Wildman–Crippen MR) is 96.9 cm³/mol. The zero-order valence-electron chi connectivity index (χ0n) is 15.0. The van der Waals surface area contributed by atoms with Crippen molar-refractivity contribution in [1.82, 2.24) is 9.80 Å². The molecule has 2 saturated heterocycles. The Hall–Kier alpha value is -2.17. The number of likely N-dealkylation sites (tertiary alicyclic amines) is 2. The SMILES string of the molecule is O=C(Cc1ccc(F)cc1)N1CC[C@H]2[C@@H]1CC(=O)N2CC1=CCCCC1. The molecule has 4 rings (SSSR count). The second kappa shape index (κ2) is 7.22. The van der Waals surface area contributed by atoms with Gasteiger partial charge in [-0.1, -0.05) is 23.8 Å². The maximum absolute atomic E-state index is 13.0. The lowest BCUT2D eigenvalue weighted by Gasteiger charge is -2.27. The number of halogens is 1. The highest BCUT2D eigenvalue weighted by Gasteiger charge is 2.48. The number of hydrogen-bond acceptors (Lipinski definition) is 2. The van der Waals surface area contributed by atoms with Crippen molar-refractivity contribution in [2.75, 3.05) is 13.1 Å². The molecule has 2 heterocycles. The van der Waals surface area contributed by atoms with Gasteiger partial charge in [-0.15, -0.1) is 0 Å². The van der Waals surface area contributed by atoms with Crippen LogP contribution in [0.5, 0.6) is 0 Å². The van der Waals surface area contributed by atoms with E-state index in [-0.39, 0.29) is 36.1 Å². The topological polar surface area (TPSA) is 40.6 Å². The molecule has 2 amide bonds. The van der Waals surface area contributed by atoms with E-state index in [1.807, 2.05) is 9.80 Å². The van der Waals surface area contributed by atoms with Gasteiger partial charge in [0.15, 0.2) is 0 Å².